The fourth-order valence-electron chi connectivity index (χ4n) is 2.15. The molecule has 2 rings (SSSR count). The molecule has 5 nitrogen and oxygen atoms in total. The summed E-state index contributed by atoms with van der Waals surface area (Å²) in [5.74, 6) is -0.742. The molecular weight excluding hydrogens is 304 g/mol. The number of aryl methyl sites for hydroxylation is 1. The number of ether oxygens (including phenoxy) is 1. The number of hydrogen-bond acceptors (Lipinski definition) is 4. The number of benzene rings is 1. The number of carbonyl (C=O) groups excluding carboxylic acids is 2. The van der Waals surface area contributed by atoms with E-state index in [9.17, 15) is 9.59 Å². The van der Waals surface area contributed by atoms with Gasteiger partial charge in [-0.05, 0) is 31.0 Å². The van der Waals surface area contributed by atoms with Gasteiger partial charge in [-0.2, -0.15) is 5.10 Å². The van der Waals surface area contributed by atoms with Gasteiger partial charge in [-0.15, -0.1) is 0 Å². The Morgan fingerprint density at radius 1 is 1.27 bits per heavy atom. The van der Waals surface area contributed by atoms with Gasteiger partial charge in [0, 0.05) is 18.0 Å². The van der Waals surface area contributed by atoms with E-state index in [4.69, 9.17) is 16.3 Å². The minimum atomic E-state index is -0.552. The van der Waals surface area contributed by atoms with E-state index in [1.54, 1.807) is 19.1 Å². The Balaban J connectivity index is 2.61. The molecule has 0 saturated heterocycles. The summed E-state index contributed by atoms with van der Waals surface area (Å²) >= 11 is 6.06. The van der Waals surface area contributed by atoms with Crippen molar-refractivity contribution in [3.8, 4) is 5.69 Å². The van der Waals surface area contributed by atoms with Crippen molar-refractivity contribution in [1.29, 1.82) is 0 Å². The molecule has 2 aromatic rings. The van der Waals surface area contributed by atoms with Gasteiger partial charge in [0.05, 0.1) is 12.3 Å². The SMILES string of the molecule is CCOC(=O)c1cc(C(C)=O)n(-c2cc(Cl)ccc2CC)n1. The van der Waals surface area contributed by atoms with E-state index in [1.807, 2.05) is 13.0 Å². The zero-order valence-electron chi connectivity index (χ0n) is 12.7. The van der Waals surface area contributed by atoms with Crippen LogP contribution in [0.2, 0.25) is 5.02 Å². The molecule has 0 spiro atoms. The third-order valence-corrected chi connectivity index (χ3v) is 3.45. The number of halogens is 1. The van der Waals surface area contributed by atoms with E-state index in [0.29, 0.717) is 16.4 Å². The first kappa shape index (κ1) is 16.2. The third kappa shape index (κ3) is 3.20. The molecule has 1 aromatic heterocycles. The van der Waals surface area contributed by atoms with Gasteiger partial charge in [0.2, 0.25) is 0 Å². The fraction of sp³-hybridized carbons (Fsp3) is 0.312. The fourth-order valence-corrected chi connectivity index (χ4v) is 2.32. The van der Waals surface area contributed by atoms with Gasteiger partial charge in [0.15, 0.2) is 11.5 Å². The number of hydrogen-bond donors (Lipinski definition) is 0. The van der Waals surface area contributed by atoms with Crippen molar-refractivity contribution < 1.29 is 14.3 Å². The number of aromatic nitrogens is 2. The Hall–Kier alpha value is -2.14. The molecule has 0 N–H and O–H groups in total. The molecule has 0 unspecified atom stereocenters. The minimum absolute atomic E-state index is 0.106. The van der Waals surface area contributed by atoms with Gasteiger partial charge < -0.3 is 4.74 Å². The van der Waals surface area contributed by atoms with Crippen LogP contribution in [-0.4, -0.2) is 28.1 Å². The van der Waals surface area contributed by atoms with Crippen LogP contribution >= 0.6 is 11.6 Å². The highest BCUT2D eigenvalue weighted by Gasteiger charge is 2.20. The Labute approximate surface area is 133 Å². The van der Waals surface area contributed by atoms with Crippen LogP contribution in [0.1, 0.15) is 47.3 Å². The van der Waals surface area contributed by atoms with Crippen molar-refractivity contribution in [2.24, 2.45) is 0 Å². The van der Waals surface area contributed by atoms with E-state index in [0.717, 1.165) is 12.0 Å². The first-order chi connectivity index (χ1) is 10.5. The average molecular weight is 321 g/mol. The van der Waals surface area contributed by atoms with Gasteiger partial charge in [0.1, 0.15) is 5.69 Å². The van der Waals surface area contributed by atoms with Crippen LogP contribution in [0.15, 0.2) is 24.3 Å². The molecule has 0 aliphatic rings. The second kappa shape index (κ2) is 6.75. The molecule has 22 heavy (non-hydrogen) atoms. The molecule has 0 atom stereocenters. The molecule has 0 amide bonds. The van der Waals surface area contributed by atoms with Crippen molar-refractivity contribution in [2.45, 2.75) is 27.2 Å². The highest BCUT2D eigenvalue weighted by atomic mass is 35.5. The van der Waals surface area contributed by atoms with Crippen LogP contribution in [0.3, 0.4) is 0 Å². The second-order valence-electron chi connectivity index (χ2n) is 4.73. The van der Waals surface area contributed by atoms with Crippen LogP contribution < -0.4 is 0 Å². The molecule has 0 aliphatic carbocycles. The first-order valence-corrected chi connectivity index (χ1v) is 7.42. The van der Waals surface area contributed by atoms with Gasteiger partial charge in [-0.1, -0.05) is 24.6 Å². The van der Waals surface area contributed by atoms with Crippen LogP contribution in [0, 0.1) is 0 Å². The minimum Gasteiger partial charge on any atom is -0.461 e. The molecule has 1 aromatic carbocycles. The molecule has 0 aliphatic heterocycles. The standard InChI is InChI=1S/C16H17ClN2O3/c1-4-11-6-7-12(17)8-15(11)19-14(10(3)20)9-13(18-19)16(21)22-5-2/h6-9H,4-5H2,1-3H3. The Morgan fingerprint density at radius 2 is 2.00 bits per heavy atom. The summed E-state index contributed by atoms with van der Waals surface area (Å²) in [5, 5.41) is 4.77. The predicted molar refractivity (Wildman–Crippen MR) is 83.9 cm³/mol. The summed E-state index contributed by atoms with van der Waals surface area (Å²) in [5.41, 5.74) is 2.09. The Kier molecular flexibility index (Phi) is 4.98. The summed E-state index contributed by atoms with van der Waals surface area (Å²) in [4.78, 5) is 23.7. The van der Waals surface area contributed by atoms with Crippen LogP contribution in [-0.2, 0) is 11.2 Å². The van der Waals surface area contributed by atoms with E-state index in [2.05, 4.69) is 5.10 Å². The maximum absolute atomic E-state index is 11.9. The molecule has 116 valence electrons. The quantitative estimate of drug-likeness (QED) is 0.625. The van der Waals surface area contributed by atoms with Crippen LogP contribution in [0.25, 0.3) is 5.69 Å². The lowest BCUT2D eigenvalue weighted by Gasteiger charge is -2.10. The van der Waals surface area contributed by atoms with Crippen molar-refractivity contribution in [2.75, 3.05) is 6.61 Å². The maximum Gasteiger partial charge on any atom is 0.358 e. The zero-order chi connectivity index (χ0) is 16.3. The van der Waals surface area contributed by atoms with Crippen LogP contribution in [0.5, 0.6) is 0 Å². The van der Waals surface area contributed by atoms with Gasteiger partial charge in [0.25, 0.3) is 0 Å². The topological polar surface area (TPSA) is 61.2 Å². The number of carbonyl (C=O) groups is 2. The molecule has 0 fully saturated rings. The van der Waals surface area contributed by atoms with E-state index in [-0.39, 0.29) is 18.1 Å². The first-order valence-electron chi connectivity index (χ1n) is 7.04. The Bertz CT molecular complexity index is 722. The normalized spacial score (nSPS) is 10.5. The zero-order valence-corrected chi connectivity index (χ0v) is 13.5. The summed E-state index contributed by atoms with van der Waals surface area (Å²) in [7, 11) is 0. The largest absolute Gasteiger partial charge is 0.461 e. The summed E-state index contributed by atoms with van der Waals surface area (Å²) in [6.07, 6.45) is 0.748. The van der Waals surface area contributed by atoms with Crippen molar-refractivity contribution in [3.63, 3.8) is 0 Å². The second-order valence-corrected chi connectivity index (χ2v) is 5.17. The summed E-state index contributed by atoms with van der Waals surface area (Å²) in [6, 6.07) is 6.84. The lowest BCUT2D eigenvalue weighted by molar-refractivity contribution is 0.0519. The molecular formula is C16H17ClN2O3. The van der Waals surface area contributed by atoms with Crippen molar-refractivity contribution >= 4 is 23.4 Å². The van der Waals surface area contributed by atoms with Crippen molar-refractivity contribution in [1.82, 2.24) is 9.78 Å². The Morgan fingerprint density at radius 3 is 2.59 bits per heavy atom. The van der Waals surface area contributed by atoms with Gasteiger partial charge >= 0.3 is 5.97 Å². The monoisotopic (exact) mass is 320 g/mol. The molecule has 0 radical (unpaired) electrons. The molecule has 6 heteroatoms. The number of Topliss-reactive ketones (excluding diaryl/α,β-unsaturated/α-hetero) is 1. The number of ketones is 1. The average Bonchev–Trinajstić information content (AvgIpc) is 2.92. The molecule has 0 bridgehead atoms. The summed E-state index contributed by atoms with van der Waals surface area (Å²) in [6.45, 7) is 5.39. The van der Waals surface area contributed by atoms with E-state index >= 15 is 0 Å². The third-order valence-electron chi connectivity index (χ3n) is 3.21. The lowest BCUT2D eigenvalue weighted by Crippen LogP contribution is -2.10. The predicted octanol–water partition coefficient (Wildman–Crippen LogP) is 3.47. The molecule has 1 heterocycles. The highest BCUT2D eigenvalue weighted by Crippen LogP contribution is 2.23. The summed E-state index contributed by atoms with van der Waals surface area (Å²) < 4.78 is 6.40. The van der Waals surface area contributed by atoms with E-state index in [1.165, 1.54) is 17.7 Å². The number of esters is 1. The highest BCUT2D eigenvalue weighted by molar-refractivity contribution is 6.30. The molecule has 0 saturated carbocycles. The lowest BCUT2D eigenvalue weighted by atomic mass is 10.1. The number of rotatable bonds is 5. The van der Waals surface area contributed by atoms with Gasteiger partial charge in [-0.3, -0.25) is 4.79 Å². The van der Waals surface area contributed by atoms with Gasteiger partial charge in [-0.25, -0.2) is 9.48 Å². The van der Waals surface area contributed by atoms with Crippen LogP contribution in [0.4, 0.5) is 0 Å². The maximum atomic E-state index is 11.9. The number of nitrogens with zero attached hydrogens (tertiary/aromatic N) is 2. The smallest absolute Gasteiger partial charge is 0.358 e. The van der Waals surface area contributed by atoms with E-state index < -0.39 is 5.97 Å². The van der Waals surface area contributed by atoms with Crippen molar-refractivity contribution in [3.05, 3.63) is 46.2 Å².